The first kappa shape index (κ1) is 13.7. The zero-order valence-electron chi connectivity index (χ0n) is 11.3. The van der Waals surface area contributed by atoms with Crippen molar-refractivity contribution >= 4 is 0 Å². The number of H-pyrrole nitrogens is 1. The van der Waals surface area contributed by atoms with Crippen LogP contribution in [0.15, 0.2) is 28.4 Å². The average Bonchev–Trinajstić information content (AvgIpc) is 3.11. The van der Waals surface area contributed by atoms with E-state index in [9.17, 15) is 14.7 Å². The Morgan fingerprint density at radius 1 is 1.52 bits per heavy atom. The van der Waals surface area contributed by atoms with Crippen LogP contribution in [-0.4, -0.2) is 42.1 Å². The van der Waals surface area contributed by atoms with Crippen molar-refractivity contribution in [1.82, 2.24) is 24.3 Å². The molecule has 0 radical (unpaired) electrons. The number of hydrogen-bond donors (Lipinski definition) is 2. The van der Waals surface area contributed by atoms with Gasteiger partial charge in [-0.3, -0.25) is 14.3 Å². The summed E-state index contributed by atoms with van der Waals surface area (Å²) in [7, 11) is 0. The van der Waals surface area contributed by atoms with Gasteiger partial charge in [0.2, 0.25) is 0 Å². The first-order chi connectivity index (χ1) is 10.1. The van der Waals surface area contributed by atoms with E-state index in [0.29, 0.717) is 12.0 Å². The molecule has 1 aliphatic rings. The minimum atomic E-state index is -0.660. The lowest BCUT2D eigenvalue weighted by Crippen LogP contribution is -2.35. The van der Waals surface area contributed by atoms with Gasteiger partial charge < -0.3 is 9.84 Å². The van der Waals surface area contributed by atoms with Crippen molar-refractivity contribution in [1.29, 1.82) is 0 Å². The van der Waals surface area contributed by atoms with Gasteiger partial charge >= 0.3 is 5.69 Å². The van der Waals surface area contributed by atoms with Crippen LogP contribution in [0.5, 0.6) is 0 Å². The van der Waals surface area contributed by atoms with E-state index in [4.69, 9.17) is 4.74 Å². The highest BCUT2D eigenvalue weighted by molar-refractivity contribution is 5.02. The third kappa shape index (κ3) is 2.41. The maximum Gasteiger partial charge on any atom is 0.330 e. The standard InChI is InChI=1S/C12H15N5O4/c1-7-3-16(12(20)15-10(7)19)11-9(2-8(4-18)21-11)17-6-13-5-14-17/h3,5-6,8-9,11,18H,2,4H2,1H3,(H,15,19,20)/t8-,9?,11+/m0/s1. The van der Waals surface area contributed by atoms with E-state index >= 15 is 0 Å². The molecule has 3 atom stereocenters. The van der Waals surface area contributed by atoms with Crippen LogP contribution in [0.2, 0.25) is 0 Å². The van der Waals surface area contributed by atoms with E-state index in [2.05, 4.69) is 15.1 Å². The van der Waals surface area contributed by atoms with Crippen LogP contribution in [-0.2, 0) is 4.74 Å². The molecule has 3 heterocycles. The maximum atomic E-state index is 12.0. The summed E-state index contributed by atoms with van der Waals surface area (Å²) in [6.45, 7) is 1.45. The molecular weight excluding hydrogens is 278 g/mol. The van der Waals surface area contributed by atoms with E-state index < -0.39 is 23.6 Å². The summed E-state index contributed by atoms with van der Waals surface area (Å²) in [6.07, 6.45) is 3.81. The topological polar surface area (TPSA) is 115 Å². The molecule has 0 aromatic carbocycles. The Labute approximate surface area is 118 Å². The summed E-state index contributed by atoms with van der Waals surface area (Å²) in [5.74, 6) is 0. The fraction of sp³-hybridized carbons (Fsp3) is 0.500. The SMILES string of the molecule is Cc1cn([C@@H]2O[C@H](CO)CC2n2cncn2)c(=O)[nH]c1=O. The number of rotatable bonds is 3. The number of nitrogens with one attached hydrogen (secondary N) is 1. The molecule has 1 fully saturated rings. The smallest absolute Gasteiger partial charge is 0.330 e. The molecule has 2 N–H and O–H groups in total. The van der Waals surface area contributed by atoms with Crippen molar-refractivity contribution in [3.8, 4) is 0 Å². The Balaban J connectivity index is 2.04. The molecule has 0 saturated carbocycles. The number of aromatic nitrogens is 5. The summed E-state index contributed by atoms with van der Waals surface area (Å²) in [5, 5.41) is 13.4. The summed E-state index contributed by atoms with van der Waals surface area (Å²) in [4.78, 5) is 29.6. The summed E-state index contributed by atoms with van der Waals surface area (Å²) in [5.41, 5.74) is -0.576. The van der Waals surface area contributed by atoms with Crippen molar-refractivity contribution in [2.24, 2.45) is 0 Å². The quantitative estimate of drug-likeness (QED) is 0.746. The van der Waals surface area contributed by atoms with Crippen molar-refractivity contribution in [3.05, 3.63) is 45.3 Å². The Morgan fingerprint density at radius 2 is 2.33 bits per heavy atom. The van der Waals surface area contributed by atoms with Crippen LogP contribution in [0, 0.1) is 6.92 Å². The van der Waals surface area contributed by atoms with Crippen molar-refractivity contribution in [3.63, 3.8) is 0 Å². The van der Waals surface area contributed by atoms with Gasteiger partial charge in [-0.1, -0.05) is 0 Å². The molecule has 3 rings (SSSR count). The van der Waals surface area contributed by atoms with E-state index in [0.717, 1.165) is 0 Å². The molecular formula is C12H15N5O4. The fourth-order valence-corrected chi connectivity index (χ4v) is 2.50. The van der Waals surface area contributed by atoms with Gasteiger partial charge in [-0.05, 0) is 6.92 Å². The van der Waals surface area contributed by atoms with Crippen LogP contribution < -0.4 is 11.2 Å². The normalized spacial score (nSPS) is 25.3. The summed E-state index contributed by atoms with van der Waals surface area (Å²) >= 11 is 0. The highest BCUT2D eigenvalue weighted by Gasteiger charge is 2.38. The Hall–Kier alpha value is -2.26. The van der Waals surface area contributed by atoms with Gasteiger partial charge in [0.25, 0.3) is 5.56 Å². The molecule has 0 spiro atoms. The van der Waals surface area contributed by atoms with E-state index in [1.165, 1.54) is 23.4 Å². The lowest BCUT2D eigenvalue weighted by molar-refractivity contribution is -0.0349. The van der Waals surface area contributed by atoms with Crippen LogP contribution in [0.3, 0.4) is 0 Å². The van der Waals surface area contributed by atoms with Crippen LogP contribution in [0.4, 0.5) is 0 Å². The van der Waals surface area contributed by atoms with Crippen LogP contribution in [0.25, 0.3) is 0 Å². The van der Waals surface area contributed by atoms with Gasteiger partial charge in [-0.2, -0.15) is 5.10 Å². The molecule has 2 aromatic rings. The Bertz CT molecular complexity index is 735. The van der Waals surface area contributed by atoms with E-state index in [1.807, 2.05) is 0 Å². The summed E-state index contributed by atoms with van der Waals surface area (Å²) in [6, 6.07) is -0.285. The van der Waals surface area contributed by atoms with E-state index in [-0.39, 0.29) is 12.6 Å². The van der Waals surface area contributed by atoms with Crippen molar-refractivity contribution in [2.45, 2.75) is 31.7 Å². The molecule has 0 aliphatic carbocycles. The third-order valence-electron chi connectivity index (χ3n) is 3.57. The molecule has 1 saturated heterocycles. The number of aromatic amines is 1. The predicted molar refractivity (Wildman–Crippen MR) is 70.7 cm³/mol. The Kier molecular flexibility index (Phi) is 3.43. The van der Waals surface area contributed by atoms with Gasteiger partial charge in [0.1, 0.15) is 18.7 Å². The number of aryl methyl sites for hydroxylation is 1. The number of hydrogen-bond acceptors (Lipinski definition) is 6. The van der Waals surface area contributed by atoms with Gasteiger partial charge in [0, 0.05) is 18.2 Å². The van der Waals surface area contributed by atoms with Crippen molar-refractivity contribution in [2.75, 3.05) is 6.61 Å². The molecule has 21 heavy (non-hydrogen) atoms. The average molecular weight is 293 g/mol. The first-order valence-electron chi connectivity index (χ1n) is 6.52. The Morgan fingerprint density at radius 3 is 3.00 bits per heavy atom. The molecule has 0 amide bonds. The van der Waals surface area contributed by atoms with Crippen LogP contribution in [0.1, 0.15) is 24.3 Å². The number of ether oxygens (including phenoxy) is 1. The predicted octanol–water partition coefficient (Wildman–Crippen LogP) is -1.04. The number of nitrogens with zero attached hydrogens (tertiary/aromatic N) is 4. The van der Waals surface area contributed by atoms with Gasteiger partial charge in [0.05, 0.1) is 12.7 Å². The zero-order chi connectivity index (χ0) is 15.0. The molecule has 9 nitrogen and oxygen atoms in total. The van der Waals surface area contributed by atoms with Gasteiger partial charge in [-0.15, -0.1) is 0 Å². The third-order valence-corrected chi connectivity index (χ3v) is 3.57. The molecule has 1 unspecified atom stereocenters. The molecule has 0 bridgehead atoms. The van der Waals surface area contributed by atoms with Crippen molar-refractivity contribution < 1.29 is 9.84 Å². The number of aliphatic hydroxyl groups excluding tert-OH is 1. The lowest BCUT2D eigenvalue weighted by atomic mass is 10.1. The minimum Gasteiger partial charge on any atom is -0.394 e. The maximum absolute atomic E-state index is 12.0. The molecule has 112 valence electrons. The second-order valence-electron chi connectivity index (χ2n) is 4.99. The second kappa shape index (κ2) is 5.26. The zero-order valence-corrected chi connectivity index (χ0v) is 11.3. The molecule has 9 heteroatoms. The second-order valence-corrected chi connectivity index (χ2v) is 4.99. The molecule has 2 aromatic heterocycles. The minimum absolute atomic E-state index is 0.154. The summed E-state index contributed by atoms with van der Waals surface area (Å²) < 4.78 is 8.62. The first-order valence-corrected chi connectivity index (χ1v) is 6.52. The lowest BCUT2D eigenvalue weighted by Gasteiger charge is -2.20. The molecule has 1 aliphatic heterocycles. The largest absolute Gasteiger partial charge is 0.394 e. The fourth-order valence-electron chi connectivity index (χ4n) is 2.50. The van der Waals surface area contributed by atoms with Crippen LogP contribution >= 0.6 is 0 Å². The van der Waals surface area contributed by atoms with E-state index in [1.54, 1.807) is 11.6 Å². The van der Waals surface area contributed by atoms with Gasteiger partial charge in [0.15, 0.2) is 6.23 Å². The number of aliphatic hydroxyl groups is 1. The monoisotopic (exact) mass is 293 g/mol. The van der Waals surface area contributed by atoms with Gasteiger partial charge in [-0.25, -0.2) is 14.5 Å². The highest BCUT2D eigenvalue weighted by Crippen LogP contribution is 2.36. The highest BCUT2D eigenvalue weighted by atomic mass is 16.5.